The topological polar surface area (TPSA) is 107 Å². The third-order valence-corrected chi connectivity index (χ3v) is 5.02. The summed E-state index contributed by atoms with van der Waals surface area (Å²) in [5.41, 5.74) is 12.0. The number of hydrogen-bond donors (Lipinski definition) is 3. The minimum absolute atomic E-state index is 0.00911. The summed E-state index contributed by atoms with van der Waals surface area (Å²) < 4.78 is 5.40. The fourth-order valence-corrected chi connectivity index (χ4v) is 3.85. The van der Waals surface area contributed by atoms with Crippen LogP contribution in [-0.2, 0) is 9.59 Å². The molecule has 2 fully saturated rings. The summed E-state index contributed by atoms with van der Waals surface area (Å²) >= 11 is 0. The van der Waals surface area contributed by atoms with Gasteiger partial charge in [-0.05, 0) is 55.4 Å². The smallest absolute Gasteiger partial charge is 0.229 e. The van der Waals surface area contributed by atoms with Crippen LogP contribution < -0.4 is 21.5 Å². The average molecular weight is 317 g/mol. The van der Waals surface area contributed by atoms with E-state index in [4.69, 9.17) is 16.2 Å². The zero-order chi connectivity index (χ0) is 16.4. The van der Waals surface area contributed by atoms with Crippen LogP contribution in [0, 0.1) is 17.8 Å². The summed E-state index contributed by atoms with van der Waals surface area (Å²) in [4.78, 5) is 23.1. The van der Waals surface area contributed by atoms with E-state index in [0.717, 1.165) is 24.9 Å². The van der Waals surface area contributed by atoms with Crippen LogP contribution in [0.4, 0.5) is 5.69 Å². The van der Waals surface area contributed by atoms with Crippen molar-refractivity contribution in [2.24, 2.45) is 29.2 Å². The van der Waals surface area contributed by atoms with Crippen LogP contribution in [0.3, 0.4) is 0 Å². The van der Waals surface area contributed by atoms with Crippen molar-refractivity contribution >= 4 is 17.5 Å². The molecule has 4 unspecified atom stereocenters. The Kier molecular flexibility index (Phi) is 4.52. The summed E-state index contributed by atoms with van der Waals surface area (Å²) in [6.45, 7) is 0.251. The van der Waals surface area contributed by atoms with Crippen LogP contribution in [-0.4, -0.2) is 24.5 Å². The van der Waals surface area contributed by atoms with Gasteiger partial charge in [0.1, 0.15) is 5.75 Å². The fourth-order valence-electron chi connectivity index (χ4n) is 3.85. The molecule has 0 aliphatic heterocycles. The molecule has 124 valence electrons. The normalized spacial score (nSPS) is 28.6. The molecular weight excluding hydrogens is 294 g/mol. The van der Waals surface area contributed by atoms with Crippen LogP contribution in [0.5, 0.6) is 5.75 Å². The summed E-state index contributed by atoms with van der Waals surface area (Å²) in [5.74, 6) is 1.15. The van der Waals surface area contributed by atoms with Crippen molar-refractivity contribution < 1.29 is 14.3 Å². The predicted octanol–water partition coefficient (Wildman–Crippen LogP) is 1.25. The van der Waals surface area contributed by atoms with Crippen molar-refractivity contribution in [3.8, 4) is 5.75 Å². The molecule has 0 heterocycles. The molecule has 0 saturated heterocycles. The van der Waals surface area contributed by atoms with E-state index in [1.165, 1.54) is 0 Å². The monoisotopic (exact) mass is 317 g/mol. The lowest BCUT2D eigenvalue weighted by Gasteiger charge is -2.27. The molecule has 5 N–H and O–H groups in total. The van der Waals surface area contributed by atoms with Gasteiger partial charge >= 0.3 is 0 Å². The van der Waals surface area contributed by atoms with Crippen molar-refractivity contribution in [1.82, 2.24) is 0 Å². The van der Waals surface area contributed by atoms with Crippen molar-refractivity contribution in [3.63, 3.8) is 0 Å². The molecule has 1 aromatic carbocycles. The number of anilines is 1. The Morgan fingerprint density at radius 3 is 2.48 bits per heavy atom. The zero-order valence-corrected chi connectivity index (χ0v) is 13.0. The largest absolute Gasteiger partial charge is 0.493 e. The summed E-state index contributed by atoms with van der Waals surface area (Å²) in [5, 5.41) is 2.95. The standard InChI is InChI=1S/C17H23N3O3/c18-14(21)7-8-23-13-5-3-12(4-6-13)20-17(22)15-10-1-2-11(9-10)16(15)19/h3-6,10-11,15-16H,1-2,7-9,19H2,(H2,18,21)(H,20,22). The minimum Gasteiger partial charge on any atom is -0.493 e. The minimum atomic E-state index is -0.393. The molecule has 2 aliphatic carbocycles. The van der Waals surface area contributed by atoms with E-state index in [0.29, 0.717) is 17.6 Å². The third kappa shape index (κ3) is 3.47. The molecule has 3 rings (SSSR count). The van der Waals surface area contributed by atoms with Crippen LogP contribution in [0.1, 0.15) is 25.7 Å². The molecular formula is C17H23N3O3. The first kappa shape index (κ1) is 15.8. The highest BCUT2D eigenvalue weighted by atomic mass is 16.5. The number of hydrogen-bond acceptors (Lipinski definition) is 4. The third-order valence-electron chi connectivity index (χ3n) is 5.02. The van der Waals surface area contributed by atoms with Gasteiger partial charge in [0.2, 0.25) is 11.8 Å². The van der Waals surface area contributed by atoms with Gasteiger partial charge in [0.15, 0.2) is 0 Å². The number of benzene rings is 1. The second-order valence-corrected chi connectivity index (χ2v) is 6.51. The highest BCUT2D eigenvalue weighted by Gasteiger charge is 2.49. The molecule has 0 radical (unpaired) electrons. The van der Waals surface area contributed by atoms with Crippen LogP contribution in [0.15, 0.2) is 24.3 Å². The van der Waals surface area contributed by atoms with Gasteiger partial charge in [0, 0.05) is 11.7 Å². The van der Waals surface area contributed by atoms with E-state index < -0.39 is 5.91 Å². The molecule has 23 heavy (non-hydrogen) atoms. The Morgan fingerprint density at radius 2 is 1.87 bits per heavy atom. The van der Waals surface area contributed by atoms with Gasteiger partial charge in [-0.1, -0.05) is 0 Å². The quantitative estimate of drug-likeness (QED) is 0.734. The van der Waals surface area contributed by atoms with Gasteiger partial charge in [0.25, 0.3) is 0 Å². The zero-order valence-electron chi connectivity index (χ0n) is 13.0. The molecule has 2 bridgehead atoms. The maximum absolute atomic E-state index is 12.5. The highest BCUT2D eigenvalue weighted by molar-refractivity contribution is 5.93. The van der Waals surface area contributed by atoms with Crippen LogP contribution in [0.2, 0.25) is 0 Å². The molecule has 1 aromatic rings. The van der Waals surface area contributed by atoms with E-state index in [1.807, 2.05) is 0 Å². The van der Waals surface area contributed by atoms with Crippen molar-refractivity contribution in [2.45, 2.75) is 31.7 Å². The maximum Gasteiger partial charge on any atom is 0.229 e. The summed E-state index contributed by atoms with van der Waals surface area (Å²) in [7, 11) is 0. The van der Waals surface area contributed by atoms with Gasteiger partial charge in [-0.2, -0.15) is 0 Å². The van der Waals surface area contributed by atoms with E-state index in [9.17, 15) is 9.59 Å². The first-order valence-electron chi connectivity index (χ1n) is 8.12. The maximum atomic E-state index is 12.5. The van der Waals surface area contributed by atoms with Crippen LogP contribution >= 0.6 is 0 Å². The Hall–Kier alpha value is -2.08. The fraction of sp³-hybridized carbons (Fsp3) is 0.529. The van der Waals surface area contributed by atoms with Gasteiger partial charge in [-0.15, -0.1) is 0 Å². The number of fused-ring (bicyclic) bond motifs is 2. The number of ether oxygens (including phenoxy) is 1. The SMILES string of the molecule is NC(=O)CCOc1ccc(NC(=O)C2C3CCC(C3)C2N)cc1. The van der Waals surface area contributed by atoms with Crippen molar-refractivity contribution in [3.05, 3.63) is 24.3 Å². The Labute approximate surface area is 135 Å². The number of nitrogens with one attached hydrogen (secondary N) is 1. The Balaban J connectivity index is 1.54. The lowest BCUT2D eigenvalue weighted by molar-refractivity contribution is -0.122. The first-order chi connectivity index (χ1) is 11.0. The van der Waals surface area contributed by atoms with Crippen molar-refractivity contribution in [2.75, 3.05) is 11.9 Å². The molecule has 0 aromatic heterocycles. The van der Waals surface area contributed by atoms with Gasteiger partial charge in [0.05, 0.1) is 18.9 Å². The average Bonchev–Trinajstić information content (AvgIpc) is 3.09. The number of nitrogens with two attached hydrogens (primary N) is 2. The number of rotatable bonds is 6. The van der Waals surface area contributed by atoms with Crippen molar-refractivity contribution in [1.29, 1.82) is 0 Å². The summed E-state index contributed by atoms with van der Waals surface area (Å²) in [6, 6.07) is 7.09. The van der Waals surface area contributed by atoms with E-state index in [2.05, 4.69) is 5.32 Å². The predicted molar refractivity (Wildman–Crippen MR) is 86.7 cm³/mol. The number of primary amides is 1. The lowest BCUT2D eigenvalue weighted by Crippen LogP contribution is -2.42. The molecule has 0 spiro atoms. The van der Waals surface area contributed by atoms with Gasteiger partial charge in [-0.25, -0.2) is 0 Å². The molecule has 2 aliphatic rings. The highest BCUT2D eigenvalue weighted by Crippen LogP contribution is 2.47. The number of amides is 2. The van der Waals surface area contributed by atoms with Crippen LogP contribution in [0.25, 0.3) is 0 Å². The van der Waals surface area contributed by atoms with E-state index in [1.54, 1.807) is 24.3 Å². The van der Waals surface area contributed by atoms with Gasteiger partial charge < -0.3 is 21.5 Å². The van der Waals surface area contributed by atoms with Gasteiger partial charge in [-0.3, -0.25) is 9.59 Å². The Morgan fingerprint density at radius 1 is 1.17 bits per heavy atom. The molecule has 2 amide bonds. The van der Waals surface area contributed by atoms with E-state index >= 15 is 0 Å². The number of carbonyl (C=O) groups is 2. The Bertz CT molecular complexity index is 585. The summed E-state index contributed by atoms with van der Waals surface area (Å²) in [6.07, 6.45) is 3.54. The molecule has 6 nitrogen and oxygen atoms in total. The molecule has 4 atom stereocenters. The van der Waals surface area contributed by atoms with E-state index in [-0.39, 0.29) is 30.9 Å². The first-order valence-corrected chi connectivity index (χ1v) is 8.12. The second-order valence-electron chi connectivity index (χ2n) is 6.51. The lowest BCUT2D eigenvalue weighted by atomic mass is 9.84. The molecule has 2 saturated carbocycles. The number of carbonyl (C=O) groups excluding carboxylic acids is 2. The molecule has 6 heteroatoms. The second kappa shape index (κ2) is 6.58.